The van der Waals surface area contributed by atoms with Gasteiger partial charge in [-0.3, -0.25) is 0 Å². The first-order chi connectivity index (χ1) is 21.3. The molecule has 1 heterocycles. The van der Waals surface area contributed by atoms with Gasteiger partial charge in [-0.1, -0.05) is 205 Å². The maximum atomic E-state index is 2.67. The molecule has 1 unspecified atom stereocenters. The Morgan fingerprint density at radius 3 is 1.23 bits per heavy atom. The van der Waals surface area contributed by atoms with Crippen molar-refractivity contribution in [3.8, 4) is 0 Å². The third kappa shape index (κ3) is 20.3. The topological polar surface area (TPSA) is 6.48 Å². The second-order valence-corrected chi connectivity index (χ2v) is 13.8. The van der Waals surface area contributed by atoms with Crippen LogP contribution in [0.3, 0.4) is 0 Å². The molecule has 0 radical (unpaired) electrons. The fourth-order valence-corrected chi connectivity index (χ4v) is 6.90. The molecule has 2 rings (SSSR count). The monoisotopic (exact) mass is 595 g/mol. The van der Waals surface area contributed by atoms with Gasteiger partial charge in [0.15, 0.2) is 0 Å². The first-order valence-corrected chi connectivity index (χ1v) is 19.6. The first kappa shape index (κ1) is 37.7. The van der Waals surface area contributed by atoms with Crippen molar-refractivity contribution >= 4 is 0 Å². The van der Waals surface area contributed by atoms with Crippen LogP contribution in [0.1, 0.15) is 199 Å². The minimum absolute atomic E-state index is 0.551. The largest absolute Gasteiger partial charge is 0.356 e. The van der Waals surface area contributed by atoms with Gasteiger partial charge in [0, 0.05) is 25.5 Å². The van der Waals surface area contributed by atoms with Gasteiger partial charge in [-0.05, 0) is 24.8 Å². The zero-order chi connectivity index (χ0) is 30.5. The molecular weight excluding hydrogens is 520 g/mol. The van der Waals surface area contributed by atoms with Gasteiger partial charge in [-0.2, -0.15) is 0 Å². The number of hydrogen-bond donors (Lipinski definition) is 0. The predicted molar refractivity (Wildman–Crippen MR) is 192 cm³/mol. The smallest absolute Gasteiger partial charge is 0.101 e. The molecule has 0 saturated heterocycles. The van der Waals surface area contributed by atoms with Gasteiger partial charge in [0.2, 0.25) is 0 Å². The molecule has 0 spiro atoms. The molecule has 0 fully saturated rings. The van der Waals surface area contributed by atoms with E-state index in [1.165, 1.54) is 192 Å². The van der Waals surface area contributed by atoms with Crippen molar-refractivity contribution in [1.82, 2.24) is 9.80 Å². The summed E-state index contributed by atoms with van der Waals surface area (Å²) in [4.78, 5) is 5.28. The second kappa shape index (κ2) is 28.1. The molecule has 1 atom stereocenters. The van der Waals surface area contributed by atoms with Gasteiger partial charge >= 0.3 is 0 Å². The molecular formula is C41H74N2. The van der Waals surface area contributed by atoms with Crippen LogP contribution in [0.2, 0.25) is 0 Å². The zero-order valence-corrected chi connectivity index (χ0v) is 29.2. The number of unbranched alkanes of at least 4 members (excludes halogenated alkanes) is 25. The molecule has 43 heavy (non-hydrogen) atoms. The van der Waals surface area contributed by atoms with E-state index in [-0.39, 0.29) is 0 Å². The van der Waals surface area contributed by atoms with Gasteiger partial charge in [0.1, 0.15) is 6.17 Å². The second-order valence-electron chi connectivity index (χ2n) is 13.8. The lowest BCUT2D eigenvalue weighted by Gasteiger charge is -2.33. The molecule has 0 amide bonds. The third-order valence-corrected chi connectivity index (χ3v) is 9.76. The van der Waals surface area contributed by atoms with E-state index in [2.05, 4.69) is 66.4 Å². The van der Waals surface area contributed by atoms with Crippen LogP contribution in [0.15, 0.2) is 42.7 Å². The van der Waals surface area contributed by atoms with Crippen LogP contribution >= 0.6 is 0 Å². The summed E-state index contributed by atoms with van der Waals surface area (Å²) < 4.78 is 0. The number of rotatable bonds is 31. The van der Waals surface area contributed by atoms with Crippen molar-refractivity contribution in [2.24, 2.45) is 0 Å². The highest BCUT2D eigenvalue weighted by Gasteiger charge is 2.25. The minimum atomic E-state index is 0.551. The maximum Gasteiger partial charge on any atom is 0.101 e. The van der Waals surface area contributed by atoms with E-state index in [0.717, 1.165) is 6.54 Å². The van der Waals surface area contributed by atoms with E-state index in [1.807, 2.05) is 0 Å². The first-order valence-electron chi connectivity index (χ1n) is 19.6. The van der Waals surface area contributed by atoms with Gasteiger partial charge in [-0.25, -0.2) is 0 Å². The van der Waals surface area contributed by atoms with Crippen LogP contribution in [0.4, 0.5) is 0 Å². The Kier molecular flexibility index (Phi) is 24.6. The summed E-state index contributed by atoms with van der Waals surface area (Å²) in [5, 5.41) is 0. The average Bonchev–Trinajstić information content (AvgIpc) is 3.40. The molecule has 1 aliphatic heterocycles. The molecule has 2 heteroatoms. The molecule has 0 bridgehead atoms. The van der Waals surface area contributed by atoms with Crippen LogP contribution in [0, 0.1) is 0 Å². The molecule has 248 valence electrons. The highest BCUT2D eigenvalue weighted by Crippen LogP contribution is 2.25. The van der Waals surface area contributed by atoms with Crippen molar-refractivity contribution in [1.29, 1.82) is 0 Å². The lowest BCUT2D eigenvalue weighted by molar-refractivity contribution is 0.132. The summed E-state index contributed by atoms with van der Waals surface area (Å²) >= 11 is 0. The summed E-state index contributed by atoms with van der Waals surface area (Å²) in [6, 6.07) is 11.1. The van der Waals surface area contributed by atoms with Crippen molar-refractivity contribution in [3.63, 3.8) is 0 Å². The Labute approximate surface area is 270 Å². The van der Waals surface area contributed by atoms with E-state index in [1.54, 1.807) is 0 Å². The quantitative estimate of drug-likeness (QED) is 0.0789. The summed E-state index contributed by atoms with van der Waals surface area (Å²) in [6.45, 7) is 6.88. The predicted octanol–water partition coefficient (Wildman–Crippen LogP) is 13.6. The number of nitrogens with zero attached hydrogens (tertiary/aromatic N) is 2. The van der Waals surface area contributed by atoms with E-state index in [9.17, 15) is 0 Å². The maximum absolute atomic E-state index is 2.67. The van der Waals surface area contributed by atoms with Crippen LogP contribution in [0.25, 0.3) is 0 Å². The SMILES string of the molecule is CCCCCCCCCCCCCCCCN1C=CN(Cc2ccccc2)C1CCCCCCCCCCCCCCC. The summed E-state index contributed by atoms with van der Waals surface area (Å²) in [5.41, 5.74) is 1.43. The van der Waals surface area contributed by atoms with Crippen molar-refractivity contribution in [3.05, 3.63) is 48.3 Å². The minimum Gasteiger partial charge on any atom is -0.356 e. The molecule has 0 N–H and O–H groups in total. The van der Waals surface area contributed by atoms with Crippen molar-refractivity contribution in [2.45, 2.75) is 206 Å². The van der Waals surface area contributed by atoms with E-state index >= 15 is 0 Å². The van der Waals surface area contributed by atoms with Crippen LogP contribution in [-0.4, -0.2) is 22.5 Å². The Hall–Kier alpha value is -1.44. The molecule has 0 aromatic heterocycles. The van der Waals surface area contributed by atoms with Crippen LogP contribution < -0.4 is 0 Å². The third-order valence-electron chi connectivity index (χ3n) is 9.76. The zero-order valence-electron chi connectivity index (χ0n) is 29.2. The van der Waals surface area contributed by atoms with Crippen LogP contribution in [-0.2, 0) is 6.54 Å². The molecule has 1 aromatic carbocycles. The molecule has 1 aromatic rings. The van der Waals surface area contributed by atoms with Gasteiger partial charge in [-0.15, -0.1) is 0 Å². The lowest BCUT2D eigenvalue weighted by Crippen LogP contribution is -2.38. The average molecular weight is 595 g/mol. The Morgan fingerprint density at radius 2 is 0.791 bits per heavy atom. The normalized spacial score (nSPS) is 14.8. The van der Waals surface area contributed by atoms with Crippen LogP contribution in [0.5, 0.6) is 0 Å². The van der Waals surface area contributed by atoms with Gasteiger partial charge in [0.05, 0.1) is 0 Å². The van der Waals surface area contributed by atoms with Crippen molar-refractivity contribution < 1.29 is 0 Å². The highest BCUT2D eigenvalue weighted by molar-refractivity contribution is 5.16. The summed E-state index contributed by atoms with van der Waals surface area (Å²) in [6.07, 6.45) is 45.3. The Morgan fingerprint density at radius 1 is 0.419 bits per heavy atom. The standard InChI is InChI=1S/C41H74N2/c1-3-5-7-9-11-13-15-17-19-21-23-25-27-32-36-42-37-38-43(39-40-33-29-28-30-34-40)41(42)35-31-26-24-22-20-18-16-14-12-10-8-6-4-2/h28-30,33-34,37-38,41H,3-27,31-32,35-36,39H2,1-2H3. The Balaban J connectivity index is 1.54. The fourth-order valence-electron chi connectivity index (χ4n) is 6.90. The van der Waals surface area contributed by atoms with Gasteiger partial charge < -0.3 is 9.80 Å². The molecule has 0 aliphatic carbocycles. The number of benzene rings is 1. The number of hydrogen-bond acceptors (Lipinski definition) is 2. The fraction of sp³-hybridized carbons (Fsp3) is 0.805. The summed E-state index contributed by atoms with van der Waals surface area (Å²) in [7, 11) is 0. The highest BCUT2D eigenvalue weighted by atomic mass is 15.4. The molecule has 2 nitrogen and oxygen atoms in total. The van der Waals surface area contributed by atoms with Crippen molar-refractivity contribution in [2.75, 3.05) is 6.54 Å². The van der Waals surface area contributed by atoms with E-state index in [0.29, 0.717) is 6.17 Å². The van der Waals surface area contributed by atoms with E-state index in [4.69, 9.17) is 0 Å². The van der Waals surface area contributed by atoms with Gasteiger partial charge in [0.25, 0.3) is 0 Å². The molecule has 1 aliphatic rings. The Bertz CT molecular complexity index is 728. The molecule has 0 saturated carbocycles. The lowest BCUT2D eigenvalue weighted by atomic mass is 10.0. The summed E-state index contributed by atoms with van der Waals surface area (Å²) in [5.74, 6) is 0. The van der Waals surface area contributed by atoms with E-state index < -0.39 is 0 Å².